The molecule has 0 aliphatic carbocycles. The van der Waals surface area contributed by atoms with E-state index in [-0.39, 0.29) is 5.60 Å². The molecule has 0 fully saturated rings. The Morgan fingerprint density at radius 1 is 1.32 bits per heavy atom. The van der Waals surface area contributed by atoms with Crippen LogP contribution in [0.25, 0.3) is 0 Å². The lowest BCUT2D eigenvalue weighted by Crippen LogP contribution is -2.43. The van der Waals surface area contributed by atoms with Crippen LogP contribution < -0.4 is 10.1 Å². The Morgan fingerprint density at radius 3 is 2.77 bits per heavy atom. The maximum Gasteiger partial charge on any atom is 0.182 e. The van der Waals surface area contributed by atoms with Crippen LogP contribution in [0.5, 0.6) is 11.5 Å². The van der Waals surface area contributed by atoms with E-state index in [4.69, 9.17) is 4.74 Å². The third-order valence-corrected chi connectivity index (χ3v) is 5.37. The summed E-state index contributed by atoms with van der Waals surface area (Å²) in [4.78, 5) is 4.25. The molecule has 5 heteroatoms. The molecule has 22 heavy (non-hydrogen) atoms. The molecule has 0 radical (unpaired) electrons. The van der Waals surface area contributed by atoms with Gasteiger partial charge in [0.15, 0.2) is 5.13 Å². The monoisotopic (exact) mass is 318 g/mol. The topological polar surface area (TPSA) is 54.4 Å². The second-order valence-corrected chi connectivity index (χ2v) is 7.17. The molecule has 118 valence electrons. The molecular weight excluding hydrogens is 296 g/mol. The zero-order valence-electron chi connectivity index (χ0n) is 13.5. The van der Waals surface area contributed by atoms with Crippen molar-refractivity contribution in [3.8, 4) is 11.5 Å². The first kappa shape index (κ1) is 15.2. The van der Waals surface area contributed by atoms with Crippen molar-refractivity contribution in [3.63, 3.8) is 0 Å². The second-order valence-electron chi connectivity index (χ2n) is 6.27. The van der Waals surface area contributed by atoms with Crippen molar-refractivity contribution in [2.45, 2.75) is 46.1 Å². The molecule has 1 aliphatic heterocycles. The Hall–Kier alpha value is -1.75. The number of rotatable bonds is 3. The Bertz CT molecular complexity index is 697. The third-order valence-electron chi connectivity index (χ3n) is 4.64. The Labute approximate surface area is 135 Å². The highest BCUT2D eigenvalue weighted by atomic mass is 32.1. The van der Waals surface area contributed by atoms with E-state index in [9.17, 15) is 5.11 Å². The van der Waals surface area contributed by atoms with Crippen LogP contribution in [0.3, 0.4) is 0 Å². The first-order valence-electron chi connectivity index (χ1n) is 7.55. The number of nitrogens with one attached hydrogen (secondary N) is 1. The quantitative estimate of drug-likeness (QED) is 0.899. The number of aromatic nitrogens is 1. The van der Waals surface area contributed by atoms with Gasteiger partial charge in [-0.2, -0.15) is 0 Å². The molecular formula is C17H22N2O2S. The standard InChI is InChI=1S/C17H22N2O2S/c1-10-11(2)15-13(12(3)14(10)20)5-6-17(4,21-15)9-19-16-18-7-8-22-16/h7-8,20H,5-6,9H2,1-4H3,(H,18,19). The fourth-order valence-corrected chi connectivity index (χ4v) is 3.52. The van der Waals surface area contributed by atoms with Crippen LogP contribution in [-0.2, 0) is 6.42 Å². The van der Waals surface area contributed by atoms with E-state index < -0.39 is 0 Å². The maximum absolute atomic E-state index is 10.2. The molecule has 1 aliphatic rings. The van der Waals surface area contributed by atoms with Gasteiger partial charge in [0.1, 0.15) is 17.1 Å². The largest absolute Gasteiger partial charge is 0.507 e. The van der Waals surface area contributed by atoms with E-state index in [1.165, 1.54) is 0 Å². The lowest BCUT2D eigenvalue weighted by molar-refractivity contribution is 0.0767. The van der Waals surface area contributed by atoms with Gasteiger partial charge in [-0.25, -0.2) is 4.98 Å². The predicted molar refractivity (Wildman–Crippen MR) is 90.3 cm³/mol. The maximum atomic E-state index is 10.2. The highest BCUT2D eigenvalue weighted by molar-refractivity contribution is 7.13. The summed E-state index contributed by atoms with van der Waals surface area (Å²) in [6.45, 7) is 8.79. The minimum absolute atomic E-state index is 0.265. The van der Waals surface area contributed by atoms with Gasteiger partial charge < -0.3 is 15.2 Å². The Balaban J connectivity index is 1.86. The van der Waals surface area contributed by atoms with Crippen LogP contribution in [0.1, 0.15) is 35.6 Å². The number of phenols is 1. The molecule has 2 heterocycles. The van der Waals surface area contributed by atoms with Crippen LogP contribution in [-0.4, -0.2) is 22.2 Å². The lowest BCUT2D eigenvalue weighted by atomic mass is 9.87. The van der Waals surface area contributed by atoms with Crippen LogP contribution in [0.4, 0.5) is 5.13 Å². The van der Waals surface area contributed by atoms with Gasteiger partial charge in [0.2, 0.25) is 0 Å². The fraction of sp³-hybridized carbons (Fsp3) is 0.471. The number of anilines is 1. The molecule has 0 saturated heterocycles. The van der Waals surface area contributed by atoms with Crippen molar-refractivity contribution in [2.24, 2.45) is 0 Å². The number of nitrogens with zero attached hydrogens (tertiary/aromatic N) is 1. The molecule has 3 rings (SSSR count). The summed E-state index contributed by atoms with van der Waals surface area (Å²) in [6.07, 6.45) is 3.64. The first-order valence-corrected chi connectivity index (χ1v) is 8.43. The van der Waals surface area contributed by atoms with Gasteiger partial charge in [0, 0.05) is 17.1 Å². The molecule has 0 spiro atoms. The zero-order valence-corrected chi connectivity index (χ0v) is 14.3. The molecule has 0 amide bonds. The van der Waals surface area contributed by atoms with E-state index in [1.807, 2.05) is 26.2 Å². The average Bonchev–Trinajstić information content (AvgIpc) is 3.02. The van der Waals surface area contributed by atoms with E-state index >= 15 is 0 Å². The van der Waals surface area contributed by atoms with Gasteiger partial charge in [-0.3, -0.25) is 0 Å². The van der Waals surface area contributed by atoms with Crippen molar-refractivity contribution < 1.29 is 9.84 Å². The van der Waals surface area contributed by atoms with Gasteiger partial charge in [0.25, 0.3) is 0 Å². The smallest absolute Gasteiger partial charge is 0.182 e. The minimum atomic E-state index is -0.265. The number of hydrogen-bond acceptors (Lipinski definition) is 5. The number of hydrogen-bond donors (Lipinski definition) is 2. The summed E-state index contributed by atoms with van der Waals surface area (Å²) in [6, 6.07) is 0. The fourth-order valence-electron chi connectivity index (χ4n) is 2.99. The normalized spacial score (nSPS) is 20.4. The van der Waals surface area contributed by atoms with Crippen molar-refractivity contribution in [1.82, 2.24) is 4.98 Å². The van der Waals surface area contributed by atoms with Gasteiger partial charge in [-0.15, -0.1) is 11.3 Å². The van der Waals surface area contributed by atoms with Gasteiger partial charge in [0.05, 0.1) is 6.54 Å². The zero-order chi connectivity index (χ0) is 15.9. The van der Waals surface area contributed by atoms with Crippen LogP contribution in [0, 0.1) is 20.8 Å². The molecule has 1 aromatic carbocycles. The predicted octanol–water partition coefficient (Wildman–Crippen LogP) is 3.97. The first-order chi connectivity index (χ1) is 10.4. The number of phenolic OH excluding ortho intramolecular Hbond substituents is 1. The van der Waals surface area contributed by atoms with Crippen LogP contribution >= 0.6 is 11.3 Å². The van der Waals surface area contributed by atoms with Gasteiger partial charge in [-0.1, -0.05) is 0 Å². The number of aromatic hydroxyl groups is 1. The summed E-state index contributed by atoms with van der Waals surface area (Å²) >= 11 is 1.59. The molecule has 0 saturated carbocycles. The molecule has 2 aromatic rings. The summed E-state index contributed by atoms with van der Waals surface area (Å²) in [5.74, 6) is 1.35. The van der Waals surface area contributed by atoms with Crippen molar-refractivity contribution in [1.29, 1.82) is 0 Å². The number of benzene rings is 1. The molecule has 1 unspecified atom stereocenters. The Kier molecular flexibility index (Phi) is 3.77. The van der Waals surface area contributed by atoms with Crippen LogP contribution in [0.2, 0.25) is 0 Å². The number of fused-ring (bicyclic) bond motifs is 1. The van der Waals surface area contributed by atoms with Gasteiger partial charge >= 0.3 is 0 Å². The van der Waals surface area contributed by atoms with E-state index in [2.05, 4.69) is 17.2 Å². The van der Waals surface area contributed by atoms with E-state index in [1.54, 1.807) is 17.5 Å². The summed E-state index contributed by atoms with van der Waals surface area (Å²) in [7, 11) is 0. The van der Waals surface area contributed by atoms with E-state index in [0.717, 1.165) is 52.5 Å². The second kappa shape index (κ2) is 5.47. The highest BCUT2D eigenvalue weighted by Gasteiger charge is 2.34. The Morgan fingerprint density at radius 2 is 2.09 bits per heavy atom. The average molecular weight is 318 g/mol. The highest BCUT2D eigenvalue weighted by Crippen LogP contribution is 2.43. The minimum Gasteiger partial charge on any atom is -0.507 e. The summed E-state index contributed by atoms with van der Waals surface area (Å²) in [5.41, 5.74) is 3.78. The molecule has 1 atom stereocenters. The van der Waals surface area contributed by atoms with Gasteiger partial charge in [-0.05, 0) is 57.2 Å². The number of thiazole rings is 1. The lowest BCUT2D eigenvalue weighted by Gasteiger charge is -2.38. The third kappa shape index (κ3) is 2.54. The molecule has 1 aromatic heterocycles. The summed E-state index contributed by atoms with van der Waals surface area (Å²) < 4.78 is 6.37. The number of ether oxygens (including phenoxy) is 1. The molecule has 0 bridgehead atoms. The molecule has 2 N–H and O–H groups in total. The van der Waals surface area contributed by atoms with Crippen molar-refractivity contribution in [2.75, 3.05) is 11.9 Å². The van der Waals surface area contributed by atoms with Crippen LogP contribution in [0.15, 0.2) is 11.6 Å². The van der Waals surface area contributed by atoms with Crippen molar-refractivity contribution in [3.05, 3.63) is 33.8 Å². The SMILES string of the molecule is Cc1c(C)c2c(c(C)c1O)CCC(C)(CNc1nccs1)O2. The van der Waals surface area contributed by atoms with Crippen molar-refractivity contribution >= 4 is 16.5 Å². The molecule has 4 nitrogen and oxygen atoms in total. The van der Waals surface area contributed by atoms with E-state index in [0.29, 0.717) is 5.75 Å². The summed E-state index contributed by atoms with van der Waals surface area (Å²) in [5, 5.41) is 16.5.